The quantitative estimate of drug-likeness (QED) is 0.199. The first-order valence-electron chi connectivity index (χ1n) is 9.09. The number of rotatable bonds is 7. The third kappa shape index (κ3) is 4.85. The van der Waals surface area contributed by atoms with Gasteiger partial charge in [-0.15, -0.1) is 0 Å². The summed E-state index contributed by atoms with van der Waals surface area (Å²) in [6.07, 6.45) is -7.34. The van der Waals surface area contributed by atoms with Gasteiger partial charge >= 0.3 is 29.9 Å². The van der Waals surface area contributed by atoms with E-state index in [4.69, 9.17) is 4.43 Å². The van der Waals surface area contributed by atoms with E-state index in [2.05, 4.69) is 0 Å². The van der Waals surface area contributed by atoms with Gasteiger partial charge in [-0.3, -0.25) is 0 Å². The van der Waals surface area contributed by atoms with Crippen molar-refractivity contribution in [3.8, 4) is 0 Å². The molecule has 1 aromatic rings. The molecule has 0 aliphatic rings. The van der Waals surface area contributed by atoms with E-state index in [1.165, 1.54) is 39.9 Å². The number of benzene rings is 1. The van der Waals surface area contributed by atoms with Gasteiger partial charge in [0.05, 0.1) is 0 Å². The van der Waals surface area contributed by atoms with Gasteiger partial charge in [-0.2, -0.15) is 48.3 Å². The summed E-state index contributed by atoms with van der Waals surface area (Å²) in [6.45, 7) is 7.23. The fraction of sp³-hybridized carbons (Fsp3) is 0.579. The van der Waals surface area contributed by atoms with Gasteiger partial charge in [-0.1, -0.05) is 51.1 Å². The van der Waals surface area contributed by atoms with E-state index in [0.29, 0.717) is 0 Å². The van der Waals surface area contributed by atoms with Gasteiger partial charge in [0.25, 0.3) is 8.32 Å². The molecule has 1 nitrogen and oxygen atoms in total. The zero-order valence-corrected chi connectivity index (χ0v) is 18.8. The minimum Gasteiger partial charge on any atom is -0.541 e. The third-order valence-corrected chi connectivity index (χ3v) is 9.54. The molecule has 0 heterocycles. The second-order valence-electron chi connectivity index (χ2n) is 8.67. The lowest BCUT2D eigenvalue weighted by molar-refractivity contribution is -0.419. The number of alkyl halides is 11. The average molecular weight is 520 g/mol. The minimum absolute atomic E-state index is 0.652. The monoisotopic (exact) mass is 520 g/mol. The summed E-state index contributed by atoms with van der Waals surface area (Å²) >= 11 is 0. The predicted octanol–water partition coefficient (Wildman–Crippen LogP) is 8.45. The van der Waals surface area contributed by atoms with Crippen LogP contribution in [0.5, 0.6) is 0 Å². The Morgan fingerprint density at radius 3 is 1.48 bits per heavy atom. The van der Waals surface area contributed by atoms with E-state index >= 15 is 0 Å². The standard InChI is InChI=1S/C19H20F12OSi/c1-14(2,3)33(4,5)32-12(11-9-7-6-8-10-11)13(20)15(21,22)16(23,24)17(25,26)18(27,28)19(29,30)31/h6-10H,1-5H3/b13-12+. The summed E-state index contributed by atoms with van der Waals surface area (Å²) in [7, 11) is -3.36. The molecule has 0 N–H and O–H groups in total. The highest BCUT2D eigenvalue weighted by atomic mass is 28.4. The predicted molar refractivity (Wildman–Crippen MR) is 98.6 cm³/mol. The van der Waals surface area contributed by atoms with Crippen molar-refractivity contribution in [2.24, 2.45) is 0 Å². The number of hydrogen-bond acceptors (Lipinski definition) is 1. The van der Waals surface area contributed by atoms with Crippen LogP contribution >= 0.6 is 0 Å². The lowest BCUT2D eigenvalue weighted by Crippen LogP contribution is -2.66. The Morgan fingerprint density at radius 2 is 1.12 bits per heavy atom. The van der Waals surface area contributed by atoms with E-state index in [1.54, 1.807) is 0 Å². The van der Waals surface area contributed by atoms with Crippen LogP contribution in [0.15, 0.2) is 36.2 Å². The molecule has 0 saturated heterocycles. The van der Waals surface area contributed by atoms with Gasteiger partial charge in [0, 0.05) is 5.56 Å². The Labute approximate surface area is 182 Å². The van der Waals surface area contributed by atoms with Gasteiger partial charge in [0.1, 0.15) is 5.76 Å². The maximum Gasteiger partial charge on any atom is 0.460 e. The average Bonchev–Trinajstić information content (AvgIpc) is 2.63. The van der Waals surface area contributed by atoms with Crippen LogP contribution in [0.25, 0.3) is 5.76 Å². The molecule has 0 unspecified atom stereocenters. The topological polar surface area (TPSA) is 9.23 Å². The molecule has 0 atom stereocenters. The van der Waals surface area contributed by atoms with Crippen LogP contribution in [0.1, 0.15) is 26.3 Å². The molecule has 0 saturated carbocycles. The van der Waals surface area contributed by atoms with Crippen LogP contribution in [0.2, 0.25) is 18.1 Å². The maximum absolute atomic E-state index is 14.8. The Kier molecular flexibility index (Phi) is 7.44. The van der Waals surface area contributed by atoms with Crippen LogP contribution in [-0.2, 0) is 4.43 Å². The van der Waals surface area contributed by atoms with Crippen molar-refractivity contribution in [3.05, 3.63) is 41.7 Å². The normalized spacial score (nSPS) is 15.9. The molecule has 0 radical (unpaired) electrons. The summed E-state index contributed by atoms with van der Waals surface area (Å²) < 4.78 is 167. The molecule has 0 aromatic heterocycles. The molecular formula is C19H20F12OSi. The second kappa shape index (κ2) is 8.42. The molecule has 0 aliphatic carbocycles. The Balaban J connectivity index is 3.84. The molecular weight excluding hydrogens is 500 g/mol. The van der Waals surface area contributed by atoms with Gasteiger partial charge in [0.2, 0.25) is 5.83 Å². The van der Waals surface area contributed by atoms with Crippen LogP contribution < -0.4 is 0 Å². The summed E-state index contributed by atoms with van der Waals surface area (Å²) in [6, 6.07) is 5.26. The van der Waals surface area contributed by atoms with Crippen molar-refractivity contribution in [2.45, 2.75) is 68.8 Å². The van der Waals surface area contributed by atoms with Crippen LogP contribution in [0, 0.1) is 0 Å². The second-order valence-corrected chi connectivity index (χ2v) is 13.4. The zero-order chi connectivity index (χ0) is 26.5. The summed E-state index contributed by atoms with van der Waals surface area (Å²) in [4.78, 5) is 0. The first-order valence-corrected chi connectivity index (χ1v) is 12.0. The highest BCUT2D eigenvalue weighted by molar-refractivity contribution is 6.74. The highest BCUT2D eigenvalue weighted by Gasteiger charge is 2.88. The van der Waals surface area contributed by atoms with Crippen LogP contribution in [0.3, 0.4) is 0 Å². The van der Waals surface area contributed by atoms with Crippen molar-refractivity contribution in [3.63, 3.8) is 0 Å². The Bertz CT molecular complexity index is 867. The molecule has 1 aromatic carbocycles. The van der Waals surface area contributed by atoms with E-state index in [9.17, 15) is 52.7 Å². The van der Waals surface area contributed by atoms with Gasteiger partial charge in [-0.05, 0) is 18.1 Å². The first-order chi connectivity index (χ1) is 14.4. The third-order valence-electron chi connectivity index (χ3n) is 5.21. The lowest BCUT2D eigenvalue weighted by atomic mass is 9.96. The zero-order valence-electron chi connectivity index (χ0n) is 17.8. The number of allylic oxidation sites excluding steroid dienone is 1. The smallest absolute Gasteiger partial charge is 0.460 e. The van der Waals surface area contributed by atoms with Crippen LogP contribution in [-0.4, -0.2) is 38.2 Å². The first kappa shape index (κ1) is 29.2. The van der Waals surface area contributed by atoms with Crippen molar-refractivity contribution in [1.29, 1.82) is 0 Å². The number of hydrogen-bond donors (Lipinski definition) is 0. The molecule has 0 amide bonds. The fourth-order valence-corrected chi connectivity index (χ4v) is 3.10. The van der Waals surface area contributed by atoms with Crippen LogP contribution in [0.4, 0.5) is 52.7 Å². The molecule has 14 heteroatoms. The molecule has 0 spiro atoms. The minimum atomic E-state index is -7.72. The van der Waals surface area contributed by atoms with E-state index < -0.39 is 60.4 Å². The molecule has 1 rings (SSSR count). The van der Waals surface area contributed by atoms with Gasteiger partial charge < -0.3 is 4.43 Å². The van der Waals surface area contributed by atoms with E-state index in [1.807, 2.05) is 0 Å². The molecule has 0 bridgehead atoms. The number of halogens is 12. The van der Waals surface area contributed by atoms with Gasteiger partial charge in [0.15, 0.2) is 0 Å². The van der Waals surface area contributed by atoms with Crippen molar-refractivity contribution < 1.29 is 57.1 Å². The van der Waals surface area contributed by atoms with E-state index in [0.717, 1.165) is 24.3 Å². The molecule has 33 heavy (non-hydrogen) atoms. The summed E-state index contributed by atoms with van der Waals surface area (Å²) in [5.41, 5.74) is -0.652. The highest BCUT2D eigenvalue weighted by Crippen LogP contribution is 2.59. The maximum atomic E-state index is 14.8. The van der Waals surface area contributed by atoms with Gasteiger partial charge in [-0.25, -0.2) is 4.39 Å². The van der Waals surface area contributed by atoms with Crippen molar-refractivity contribution >= 4 is 14.1 Å². The largest absolute Gasteiger partial charge is 0.541 e. The molecule has 0 aliphatic heterocycles. The Morgan fingerprint density at radius 1 is 0.697 bits per heavy atom. The molecule has 0 fully saturated rings. The molecule has 190 valence electrons. The summed E-state index contributed by atoms with van der Waals surface area (Å²) in [5.74, 6) is -34.8. The Hall–Kier alpha value is -1.86. The lowest BCUT2D eigenvalue weighted by Gasteiger charge is -2.39. The van der Waals surface area contributed by atoms with E-state index in [-0.39, 0.29) is 0 Å². The SMILES string of the molecule is CC(C)(C)[Si](C)(C)O/C(=C(/F)C(F)(F)C(F)(F)C(F)(F)C(F)(F)C(F)(F)F)c1ccccc1. The fourth-order valence-electron chi connectivity index (χ4n) is 2.08. The summed E-state index contributed by atoms with van der Waals surface area (Å²) in [5, 5.41) is -0.877. The van der Waals surface area contributed by atoms with Crippen molar-refractivity contribution in [2.75, 3.05) is 0 Å². The van der Waals surface area contributed by atoms with Crippen molar-refractivity contribution in [1.82, 2.24) is 0 Å².